The zero-order valence-corrected chi connectivity index (χ0v) is 10.7. The number of carbonyl (C=O) groups is 2. The molecule has 1 aromatic heterocycles. The summed E-state index contributed by atoms with van der Waals surface area (Å²) in [6, 6.07) is 0. The SMILES string of the molecule is CCCN(CC(=O)NC)C(=O)Cn1cc(N)cn1. The molecule has 1 aromatic rings. The van der Waals surface area contributed by atoms with Crippen molar-refractivity contribution in [2.24, 2.45) is 0 Å². The molecule has 0 atom stereocenters. The second-order valence-electron chi connectivity index (χ2n) is 3.96. The number of nitrogens with two attached hydrogens (primary N) is 1. The average Bonchev–Trinajstić information content (AvgIpc) is 2.73. The van der Waals surface area contributed by atoms with E-state index in [1.807, 2.05) is 6.92 Å². The Balaban J connectivity index is 2.61. The maximum atomic E-state index is 12.0. The number of carbonyl (C=O) groups excluding carboxylic acids is 2. The van der Waals surface area contributed by atoms with Crippen LogP contribution in [0.3, 0.4) is 0 Å². The molecule has 0 radical (unpaired) electrons. The number of nitrogen functional groups attached to an aromatic ring is 1. The Morgan fingerprint density at radius 3 is 2.78 bits per heavy atom. The maximum Gasteiger partial charge on any atom is 0.244 e. The van der Waals surface area contributed by atoms with Gasteiger partial charge < -0.3 is 16.0 Å². The quantitative estimate of drug-likeness (QED) is 0.711. The lowest BCUT2D eigenvalue weighted by Gasteiger charge is -2.21. The maximum absolute atomic E-state index is 12.0. The van der Waals surface area contributed by atoms with Gasteiger partial charge in [0.2, 0.25) is 11.8 Å². The molecule has 0 aliphatic rings. The third-order valence-corrected chi connectivity index (χ3v) is 2.41. The molecule has 2 amide bonds. The molecule has 0 bridgehead atoms. The van der Waals surface area contributed by atoms with Crippen LogP contribution in [0.15, 0.2) is 12.4 Å². The van der Waals surface area contributed by atoms with Crippen LogP contribution >= 0.6 is 0 Å². The summed E-state index contributed by atoms with van der Waals surface area (Å²) in [5.74, 6) is -0.333. The normalized spacial score (nSPS) is 10.1. The van der Waals surface area contributed by atoms with Crippen LogP contribution in [0.2, 0.25) is 0 Å². The highest BCUT2D eigenvalue weighted by atomic mass is 16.2. The van der Waals surface area contributed by atoms with Gasteiger partial charge >= 0.3 is 0 Å². The van der Waals surface area contributed by atoms with Crippen LogP contribution in [0.1, 0.15) is 13.3 Å². The molecule has 0 spiro atoms. The molecule has 0 aliphatic heterocycles. The molecule has 1 heterocycles. The first-order chi connectivity index (χ1) is 8.56. The standard InChI is InChI=1S/C11H19N5O2/c1-3-4-15(7-10(17)13-2)11(18)8-16-6-9(12)5-14-16/h5-6H,3-4,7-8,12H2,1-2H3,(H,13,17). The van der Waals surface area contributed by atoms with Crippen LogP contribution in [-0.2, 0) is 16.1 Å². The second kappa shape index (κ2) is 6.63. The lowest BCUT2D eigenvalue weighted by atomic mass is 10.3. The molecule has 0 fully saturated rings. The smallest absolute Gasteiger partial charge is 0.244 e. The van der Waals surface area contributed by atoms with Crippen LogP contribution in [0.5, 0.6) is 0 Å². The minimum atomic E-state index is -0.184. The number of hydrogen-bond donors (Lipinski definition) is 2. The Morgan fingerprint density at radius 2 is 2.28 bits per heavy atom. The fourth-order valence-corrected chi connectivity index (χ4v) is 1.52. The Morgan fingerprint density at radius 1 is 1.56 bits per heavy atom. The molecule has 3 N–H and O–H groups in total. The van der Waals surface area contributed by atoms with E-state index in [0.29, 0.717) is 12.2 Å². The Hall–Kier alpha value is -2.05. The van der Waals surface area contributed by atoms with Crippen molar-refractivity contribution in [3.05, 3.63) is 12.4 Å². The molecule has 0 aromatic carbocycles. The Kier molecular flexibility index (Phi) is 5.16. The Labute approximate surface area is 106 Å². The van der Waals surface area contributed by atoms with Gasteiger partial charge in [0, 0.05) is 19.8 Å². The zero-order valence-electron chi connectivity index (χ0n) is 10.7. The highest BCUT2D eigenvalue weighted by molar-refractivity contribution is 5.84. The van der Waals surface area contributed by atoms with Crippen LogP contribution < -0.4 is 11.1 Å². The van der Waals surface area contributed by atoms with Gasteiger partial charge in [-0.15, -0.1) is 0 Å². The fourth-order valence-electron chi connectivity index (χ4n) is 1.52. The molecule has 0 saturated heterocycles. The molecule has 1 rings (SSSR count). The molecule has 0 saturated carbocycles. The van der Waals surface area contributed by atoms with E-state index in [1.54, 1.807) is 13.2 Å². The van der Waals surface area contributed by atoms with Gasteiger partial charge in [-0.2, -0.15) is 5.10 Å². The first-order valence-corrected chi connectivity index (χ1v) is 5.83. The summed E-state index contributed by atoms with van der Waals surface area (Å²) in [6.45, 7) is 2.66. The van der Waals surface area contributed by atoms with Gasteiger partial charge in [0.25, 0.3) is 0 Å². The number of hydrogen-bond acceptors (Lipinski definition) is 4. The lowest BCUT2D eigenvalue weighted by Crippen LogP contribution is -2.41. The number of amides is 2. The highest BCUT2D eigenvalue weighted by Gasteiger charge is 2.16. The molecular formula is C11H19N5O2. The summed E-state index contributed by atoms with van der Waals surface area (Å²) < 4.78 is 1.46. The van der Waals surface area contributed by atoms with Crippen molar-refractivity contribution >= 4 is 17.5 Å². The predicted molar refractivity (Wildman–Crippen MR) is 67.6 cm³/mol. The van der Waals surface area contributed by atoms with Crippen molar-refractivity contribution in [3.63, 3.8) is 0 Å². The fraction of sp³-hybridized carbons (Fsp3) is 0.545. The van der Waals surface area contributed by atoms with Crippen molar-refractivity contribution in [3.8, 4) is 0 Å². The summed E-state index contributed by atoms with van der Waals surface area (Å²) in [5, 5.41) is 6.44. The number of nitrogens with zero attached hydrogens (tertiary/aromatic N) is 3. The van der Waals surface area contributed by atoms with Gasteiger partial charge in [0.1, 0.15) is 6.54 Å². The van der Waals surface area contributed by atoms with E-state index in [2.05, 4.69) is 10.4 Å². The van der Waals surface area contributed by atoms with Gasteiger partial charge in [0.05, 0.1) is 18.4 Å². The minimum Gasteiger partial charge on any atom is -0.396 e. The van der Waals surface area contributed by atoms with Gasteiger partial charge in [-0.25, -0.2) is 0 Å². The number of anilines is 1. The molecule has 7 heteroatoms. The molecule has 100 valence electrons. The minimum absolute atomic E-state index is 0.0694. The van der Waals surface area contributed by atoms with E-state index in [9.17, 15) is 9.59 Å². The number of likely N-dealkylation sites (N-methyl/N-ethyl adjacent to an activating group) is 1. The van der Waals surface area contributed by atoms with Crippen molar-refractivity contribution in [2.75, 3.05) is 25.9 Å². The third kappa shape index (κ3) is 4.08. The van der Waals surface area contributed by atoms with Crippen LogP contribution in [-0.4, -0.2) is 46.6 Å². The van der Waals surface area contributed by atoms with Crippen LogP contribution in [0.4, 0.5) is 5.69 Å². The highest BCUT2D eigenvalue weighted by Crippen LogP contribution is 2.00. The third-order valence-electron chi connectivity index (χ3n) is 2.41. The summed E-state index contributed by atoms with van der Waals surface area (Å²) >= 11 is 0. The topological polar surface area (TPSA) is 93.2 Å². The van der Waals surface area contributed by atoms with Crippen LogP contribution in [0, 0.1) is 0 Å². The van der Waals surface area contributed by atoms with Gasteiger partial charge in [-0.1, -0.05) is 6.92 Å². The molecule has 0 aliphatic carbocycles. The number of nitrogens with one attached hydrogen (secondary N) is 1. The molecular weight excluding hydrogens is 234 g/mol. The zero-order chi connectivity index (χ0) is 13.5. The first kappa shape index (κ1) is 14.0. The van der Waals surface area contributed by atoms with Gasteiger partial charge in [0.15, 0.2) is 0 Å². The van der Waals surface area contributed by atoms with Crippen molar-refractivity contribution in [1.29, 1.82) is 0 Å². The molecule has 0 unspecified atom stereocenters. The summed E-state index contributed by atoms with van der Waals surface area (Å²) in [7, 11) is 1.55. The van der Waals surface area contributed by atoms with E-state index in [4.69, 9.17) is 5.73 Å². The number of rotatable bonds is 6. The van der Waals surface area contributed by atoms with E-state index in [1.165, 1.54) is 15.8 Å². The van der Waals surface area contributed by atoms with E-state index in [-0.39, 0.29) is 24.9 Å². The predicted octanol–water partition coefficient (Wildman–Crippen LogP) is -0.550. The van der Waals surface area contributed by atoms with Crippen molar-refractivity contribution in [2.45, 2.75) is 19.9 Å². The van der Waals surface area contributed by atoms with Crippen molar-refractivity contribution in [1.82, 2.24) is 20.0 Å². The Bertz CT molecular complexity index is 415. The van der Waals surface area contributed by atoms with E-state index in [0.717, 1.165) is 6.42 Å². The molecule has 7 nitrogen and oxygen atoms in total. The van der Waals surface area contributed by atoms with Gasteiger partial charge in [-0.3, -0.25) is 14.3 Å². The lowest BCUT2D eigenvalue weighted by molar-refractivity contribution is -0.136. The summed E-state index contributed by atoms with van der Waals surface area (Å²) in [5.41, 5.74) is 6.03. The average molecular weight is 253 g/mol. The molecule has 18 heavy (non-hydrogen) atoms. The summed E-state index contributed by atoms with van der Waals surface area (Å²) in [4.78, 5) is 24.8. The second-order valence-corrected chi connectivity index (χ2v) is 3.96. The van der Waals surface area contributed by atoms with Crippen LogP contribution in [0.25, 0.3) is 0 Å². The number of aromatic nitrogens is 2. The monoisotopic (exact) mass is 253 g/mol. The van der Waals surface area contributed by atoms with Crippen molar-refractivity contribution < 1.29 is 9.59 Å². The largest absolute Gasteiger partial charge is 0.396 e. The van der Waals surface area contributed by atoms with E-state index < -0.39 is 0 Å². The van der Waals surface area contributed by atoms with E-state index >= 15 is 0 Å². The van der Waals surface area contributed by atoms with Gasteiger partial charge in [-0.05, 0) is 6.42 Å². The summed E-state index contributed by atoms with van der Waals surface area (Å²) in [6.07, 6.45) is 3.86. The first-order valence-electron chi connectivity index (χ1n) is 5.83.